The molecule has 0 aliphatic carbocycles. The molecular formula is C12H17ClN2O2. The van der Waals surface area contributed by atoms with Gasteiger partial charge in [-0.3, -0.25) is 4.79 Å². The lowest BCUT2D eigenvalue weighted by Gasteiger charge is -2.12. The van der Waals surface area contributed by atoms with Crippen LogP contribution in [-0.4, -0.2) is 32.2 Å². The average molecular weight is 257 g/mol. The van der Waals surface area contributed by atoms with Crippen molar-refractivity contribution >= 4 is 17.5 Å². The number of methoxy groups -OCH3 is 1. The molecule has 0 heterocycles. The number of nitrogens with two attached hydrogens (primary N) is 1. The van der Waals surface area contributed by atoms with Crippen molar-refractivity contribution in [3.8, 4) is 0 Å². The third kappa shape index (κ3) is 4.73. The van der Waals surface area contributed by atoms with Crippen molar-refractivity contribution in [2.75, 3.05) is 20.2 Å². The Morgan fingerprint density at radius 1 is 1.59 bits per heavy atom. The molecule has 0 radical (unpaired) electrons. The van der Waals surface area contributed by atoms with Gasteiger partial charge in [0.05, 0.1) is 0 Å². The van der Waals surface area contributed by atoms with Gasteiger partial charge >= 0.3 is 0 Å². The standard InChI is InChI=1S/C12H17ClN2O2/c1-17-11(8-14)12(16)15-6-5-9-3-2-4-10(13)7-9/h2-4,7,11H,5-6,8,14H2,1H3,(H,15,16). The van der Waals surface area contributed by atoms with Crippen LogP contribution in [-0.2, 0) is 16.0 Å². The molecule has 0 saturated carbocycles. The molecule has 1 aromatic rings. The van der Waals surface area contributed by atoms with E-state index in [0.29, 0.717) is 11.6 Å². The first-order valence-corrected chi connectivity index (χ1v) is 5.80. The second-order valence-electron chi connectivity index (χ2n) is 3.63. The number of hydrogen-bond donors (Lipinski definition) is 2. The van der Waals surface area contributed by atoms with Gasteiger partial charge in [0, 0.05) is 25.2 Å². The molecule has 1 amide bonds. The number of rotatable bonds is 6. The number of carbonyl (C=O) groups excluding carboxylic acids is 1. The van der Waals surface area contributed by atoms with Crippen molar-refractivity contribution in [3.63, 3.8) is 0 Å². The summed E-state index contributed by atoms with van der Waals surface area (Å²) in [5, 5.41) is 3.47. The number of ether oxygens (including phenoxy) is 1. The number of carbonyl (C=O) groups is 1. The Balaban J connectivity index is 2.35. The summed E-state index contributed by atoms with van der Waals surface area (Å²) in [5.41, 5.74) is 6.47. The molecule has 1 atom stereocenters. The summed E-state index contributed by atoms with van der Waals surface area (Å²) in [7, 11) is 1.47. The normalized spacial score (nSPS) is 12.2. The van der Waals surface area contributed by atoms with Crippen molar-refractivity contribution in [2.24, 2.45) is 5.73 Å². The minimum atomic E-state index is -0.575. The summed E-state index contributed by atoms with van der Waals surface area (Å²) in [6, 6.07) is 7.55. The molecule has 0 spiro atoms. The van der Waals surface area contributed by atoms with Crippen molar-refractivity contribution in [1.82, 2.24) is 5.32 Å². The van der Waals surface area contributed by atoms with E-state index in [2.05, 4.69) is 5.32 Å². The van der Waals surface area contributed by atoms with Crippen LogP contribution in [0.1, 0.15) is 5.56 Å². The molecule has 1 rings (SSSR count). The minimum absolute atomic E-state index is 0.180. The molecule has 1 aromatic carbocycles. The molecule has 0 saturated heterocycles. The maximum Gasteiger partial charge on any atom is 0.250 e. The Labute approximate surface area is 106 Å². The summed E-state index contributed by atoms with van der Waals surface area (Å²) >= 11 is 5.86. The highest BCUT2D eigenvalue weighted by Gasteiger charge is 2.14. The maximum atomic E-state index is 11.5. The van der Waals surface area contributed by atoms with E-state index < -0.39 is 6.10 Å². The average Bonchev–Trinajstić information content (AvgIpc) is 2.30. The number of nitrogens with one attached hydrogen (secondary N) is 1. The van der Waals surface area contributed by atoms with E-state index in [0.717, 1.165) is 12.0 Å². The lowest BCUT2D eigenvalue weighted by Crippen LogP contribution is -2.41. The first-order chi connectivity index (χ1) is 8.17. The monoisotopic (exact) mass is 256 g/mol. The van der Waals surface area contributed by atoms with Gasteiger partial charge in [-0.15, -0.1) is 0 Å². The Morgan fingerprint density at radius 3 is 2.94 bits per heavy atom. The fourth-order valence-electron chi connectivity index (χ4n) is 1.45. The second-order valence-corrected chi connectivity index (χ2v) is 4.07. The highest BCUT2D eigenvalue weighted by Crippen LogP contribution is 2.10. The molecule has 5 heteroatoms. The Bertz CT molecular complexity index is 367. The Hall–Kier alpha value is -1.10. The van der Waals surface area contributed by atoms with Gasteiger partial charge in [-0.05, 0) is 24.1 Å². The molecule has 0 aromatic heterocycles. The number of halogens is 1. The third-order valence-corrected chi connectivity index (χ3v) is 2.63. The van der Waals surface area contributed by atoms with E-state index in [-0.39, 0.29) is 12.5 Å². The van der Waals surface area contributed by atoms with Gasteiger partial charge in [0.2, 0.25) is 5.91 Å². The highest BCUT2D eigenvalue weighted by molar-refractivity contribution is 6.30. The zero-order valence-electron chi connectivity index (χ0n) is 9.78. The van der Waals surface area contributed by atoms with Crippen molar-refractivity contribution in [3.05, 3.63) is 34.9 Å². The highest BCUT2D eigenvalue weighted by atomic mass is 35.5. The van der Waals surface area contributed by atoms with Gasteiger partial charge in [-0.1, -0.05) is 23.7 Å². The fourth-order valence-corrected chi connectivity index (χ4v) is 1.66. The van der Waals surface area contributed by atoms with Gasteiger partial charge in [0.25, 0.3) is 0 Å². The molecule has 0 bridgehead atoms. The predicted molar refractivity (Wildman–Crippen MR) is 68.0 cm³/mol. The van der Waals surface area contributed by atoms with Gasteiger partial charge in [0.15, 0.2) is 0 Å². The van der Waals surface area contributed by atoms with E-state index in [1.165, 1.54) is 7.11 Å². The zero-order valence-corrected chi connectivity index (χ0v) is 10.5. The first-order valence-electron chi connectivity index (χ1n) is 5.42. The molecule has 3 N–H and O–H groups in total. The predicted octanol–water partition coefficient (Wildman–Crippen LogP) is 0.972. The van der Waals surface area contributed by atoms with Crippen LogP contribution in [0.15, 0.2) is 24.3 Å². The van der Waals surface area contributed by atoms with Crippen LogP contribution in [0, 0.1) is 0 Å². The smallest absolute Gasteiger partial charge is 0.250 e. The SMILES string of the molecule is COC(CN)C(=O)NCCc1cccc(Cl)c1. The first kappa shape index (κ1) is 14.0. The molecule has 0 fully saturated rings. The molecule has 4 nitrogen and oxygen atoms in total. The molecule has 1 unspecified atom stereocenters. The van der Waals surface area contributed by atoms with Gasteiger partial charge in [0.1, 0.15) is 6.10 Å². The van der Waals surface area contributed by atoms with Crippen molar-refractivity contribution in [1.29, 1.82) is 0 Å². The summed E-state index contributed by atoms with van der Waals surface area (Å²) in [6.45, 7) is 0.721. The molecular weight excluding hydrogens is 240 g/mol. The lowest BCUT2D eigenvalue weighted by molar-refractivity contribution is -0.130. The number of benzene rings is 1. The largest absolute Gasteiger partial charge is 0.370 e. The molecule has 0 aliphatic rings. The summed E-state index contributed by atoms with van der Waals surface area (Å²) in [4.78, 5) is 11.5. The van der Waals surface area contributed by atoms with E-state index in [1.807, 2.05) is 24.3 Å². The Morgan fingerprint density at radius 2 is 2.35 bits per heavy atom. The molecule has 94 valence electrons. The molecule has 17 heavy (non-hydrogen) atoms. The second kappa shape index (κ2) is 7.27. The van der Waals surface area contributed by atoms with E-state index in [1.54, 1.807) is 0 Å². The summed E-state index contributed by atoms with van der Waals surface area (Å²) < 4.78 is 4.92. The van der Waals surface area contributed by atoms with Crippen LogP contribution in [0.3, 0.4) is 0 Å². The topological polar surface area (TPSA) is 64.3 Å². The quantitative estimate of drug-likeness (QED) is 0.797. The van der Waals surface area contributed by atoms with Crippen LogP contribution >= 0.6 is 11.6 Å². The maximum absolute atomic E-state index is 11.5. The van der Waals surface area contributed by atoms with Crippen molar-refractivity contribution < 1.29 is 9.53 Å². The van der Waals surface area contributed by atoms with E-state index in [4.69, 9.17) is 22.1 Å². The number of amides is 1. The molecule has 0 aliphatic heterocycles. The van der Waals surface area contributed by atoms with Gasteiger partial charge in [-0.2, -0.15) is 0 Å². The summed E-state index contributed by atoms with van der Waals surface area (Å²) in [5.74, 6) is -0.183. The van der Waals surface area contributed by atoms with Gasteiger partial charge < -0.3 is 15.8 Å². The minimum Gasteiger partial charge on any atom is -0.370 e. The van der Waals surface area contributed by atoms with Gasteiger partial charge in [-0.25, -0.2) is 0 Å². The van der Waals surface area contributed by atoms with E-state index in [9.17, 15) is 4.79 Å². The van der Waals surface area contributed by atoms with Crippen molar-refractivity contribution in [2.45, 2.75) is 12.5 Å². The van der Waals surface area contributed by atoms with Crippen LogP contribution in [0.2, 0.25) is 5.02 Å². The zero-order chi connectivity index (χ0) is 12.7. The van der Waals surface area contributed by atoms with Crippen LogP contribution in [0.25, 0.3) is 0 Å². The van der Waals surface area contributed by atoms with E-state index >= 15 is 0 Å². The number of hydrogen-bond acceptors (Lipinski definition) is 3. The third-order valence-electron chi connectivity index (χ3n) is 2.39. The summed E-state index contributed by atoms with van der Waals surface area (Å²) in [6.07, 6.45) is 0.155. The Kier molecular flexibility index (Phi) is 5.97. The van der Waals surface area contributed by atoms with Crippen LogP contribution in [0.4, 0.5) is 0 Å². The lowest BCUT2D eigenvalue weighted by atomic mass is 10.1. The van der Waals surface area contributed by atoms with Crippen LogP contribution in [0.5, 0.6) is 0 Å². The van der Waals surface area contributed by atoms with Crippen LogP contribution < -0.4 is 11.1 Å². The fraction of sp³-hybridized carbons (Fsp3) is 0.417.